The summed E-state index contributed by atoms with van der Waals surface area (Å²) in [5, 5.41) is 3.94. The van der Waals surface area contributed by atoms with Crippen molar-refractivity contribution in [2.24, 2.45) is 5.92 Å². The Labute approximate surface area is 125 Å². The largest absolute Gasteiger partial charge is 0.359 e. The molecule has 0 spiro atoms. The van der Waals surface area contributed by atoms with Crippen molar-refractivity contribution < 1.29 is 4.79 Å². The molecule has 1 N–H and O–H groups in total. The fourth-order valence-corrected chi connectivity index (χ4v) is 3.04. The lowest BCUT2D eigenvalue weighted by molar-refractivity contribution is -0.125. The highest BCUT2D eigenvalue weighted by Crippen LogP contribution is 2.20. The average molecular weight is 283 g/mol. The van der Waals surface area contributed by atoms with Gasteiger partial charge in [-0.05, 0) is 49.7 Å². The predicted octanol–water partition coefficient (Wildman–Crippen LogP) is 2.19. The van der Waals surface area contributed by atoms with Crippen molar-refractivity contribution >= 4 is 16.8 Å². The van der Waals surface area contributed by atoms with Crippen LogP contribution < -0.4 is 5.32 Å². The van der Waals surface area contributed by atoms with Crippen LogP contribution in [-0.4, -0.2) is 35.9 Å². The molecule has 21 heavy (non-hydrogen) atoms. The maximum absolute atomic E-state index is 11.6. The van der Waals surface area contributed by atoms with Crippen LogP contribution in [0, 0.1) is 5.92 Å². The second-order valence-electron chi connectivity index (χ2n) is 5.70. The van der Waals surface area contributed by atoms with Crippen molar-refractivity contribution in [3.05, 3.63) is 42.1 Å². The van der Waals surface area contributed by atoms with Crippen LogP contribution in [0.4, 0.5) is 0 Å². The van der Waals surface area contributed by atoms with E-state index in [-0.39, 0.29) is 11.8 Å². The molecular formula is C17H21N3O. The number of piperidine rings is 1. The molecule has 3 rings (SSSR count). The molecule has 0 radical (unpaired) electrons. The van der Waals surface area contributed by atoms with Gasteiger partial charge in [0.2, 0.25) is 5.91 Å². The summed E-state index contributed by atoms with van der Waals surface area (Å²) in [5.41, 5.74) is 2.36. The Morgan fingerprint density at radius 1 is 1.33 bits per heavy atom. The van der Waals surface area contributed by atoms with E-state index in [1.54, 1.807) is 7.05 Å². The number of nitrogens with one attached hydrogen (secondary N) is 1. The molecule has 1 amide bonds. The van der Waals surface area contributed by atoms with Crippen LogP contribution in [0.25, 0.3) is 10.9 Å². The van der Waals surface area contributed by atoms with E-state index < -0.39 is 0 Å². The van der Waals surface area contributed by atoms with E-state index in [4.69, 9.17) is 0 Å². The van der Waals surface area contributed by atoms with Crippen LogP contribution in [0.15, 0.2) is 36.5 Å². The van der Waals surface area contributed by atoms with E-state index in [1.807, 2.05) is 12.3 Å². The maximum Gasteiger partial charge on any atom is 0.222 e. The molecule has 0 unspecified atom stereocenters. The summed E-state index contributed by atoms with van der Waals surface area (Å²) in [4.78, 5) is 18.4. The van der Waals surface area contributed by atoms with E-state index in [1.165, 1.54) is 10.9 Å². The van der Waals surface area contributed by atoms with E-state index in [2.05, 4.69) is 39.5 Å². The molecule has 4 nitrogen and oxygen atoms in total. The summed E-state index contributed by atoms with van der Waals surface area (Å²) in [7, 11) is 1.72. The topological polar surface area (TPSA) is 45.2 Å². The second kappa shape index (κ2) is 6.22. The minimum Gasteiger partial charge on any atom is -0.359 e. The predicted molar refractivity (Wildman–Crippen MR) is 83.8 cm³/mol. The third-order valence-corrected chi connectivity index (χ3v) is 4.28. The van der Waals surface area contributed by atoms with Gasteiger partial charge in [0.25, 0.3) is 0 Å². The van der Waals surface area contributed by atoms with Crippen LogP contribution in [0.1, 0.15) is 18.4 Å². The Morgan fingerprint density at radius 3 is 2.90 bits per heavy atom. The normalized spacial score (nSPS) is 17.0. The van der Waals surface area contributed by atoms with E-state index in [0.29, 0.717) is 0 Å². The number of amides is 1. The van der Waals surface area contributed by atoms with Crippen LogP contribution in [-0.2, 0) is 11.3 Å². The molecule has 1 saturated heterocycles. The number of rotatable bonds is 3. The minimum atomic E-state index is 0.187. The zero-order valence-electron chi connectivity index (χ0n) is 12.4. The first-order chi connectivity index (χ1) is 10.3. The first-order valence-electron chi connectivity index (χ1n) is 7.54. The van der Waals surface area contributed by atoms with Gasteiger partial charge in [-0.2, -0.15) is 0 Å². The molecule has 1 fully saturated rings. The Hall–Kier alpha value is -1.94. The molecule has 2 heterocycles. The number of carbonyl (C=O) groups is 1. The Kier molecular flexibility index (Phi) is 4.15. The van der Waals surface area contributed by atoms with Crippen molar-refractivity contribution in [2.45, 2.75) is 19.4 Å². The molecule has 1 aromatic heterocycles. The number of benzene rings is 1. The summed E-state index contributed by atoms with van der Waals surface area (Å²) < 4.78 is 0. The van der Waals surface area contributed by atoms with E-state index in [9.17, 15) is 4.79 Å². The number of hydrogen-bond acceptors (Lipinski definition) is 3. The lowest BCUT2D eigenvalue weighted by Crippen LogP contribution is -2.39. The Bertz CT molecular complexity index is 633. The molecular weight excluding hydrogens is 262 g/mol. The number of pyridine rings is 1. The third-order valence-electron chi connectivity index (χ3n) is 4.28. The highest BCUT2D eigenvalue weighted by atomic mass is 16.1. The zero-order valence-corrected chi connectivity index (χ0v) is 12.4. The SMILES string of the molecule is CNC(=O)C1CCN(Cc2ccc3ncccc3c2)CC1. The molecule has 0 aliphatic carbocycles. The standard InChI is InChI=1S/C17H21N3O/c1-18-17(21)14-6-9-20(10-7-14)12-13-4-5-16-15(11-13)3-2-8-19-16/h2-5,8,11,14H,6-7,9-10,12H2,1H3,(H,18,21). The smallest absolute Gasteiger partial charge is 0.222 e. The van der Waals surface area contributed by atoms with Gasteiger partial charge in [0.1, 0.15) is 0 Å². The van der Waals surface area contributed by atoms with Crippen molar-refractivity contribution in [3.8, 4) is 0 Å². The third kappa shape index (κ3) is 3.22. The minimum absolute atomic E-state index is 0.187. The first kappa shape index (κ1) is 14.0. The molecule has 4 heteroatoms. The van der Waals surface area contributed by atoms with Gasteiger partial charge in [-0.15, -0.1) is 0 Å². The Balaban J connectivity index is 1.63. The van der Waals surface area contributed by atoms with Gasteiger partial charge in [-0.1, -0.05) is 12.1 Å². The number of likely N-dealkylation sites (tertiary alicyclic amines) is 1. The number of aromatic nitrogens is 1. The fraction of sp³-hybridized carbons (Fsp3) is 0.412. The fourth-order valence-electron chi connectivity index (χ4n) is 3.04. The van der Waals surface area contributed by atoms with Crippen LogP contribution in [0.3, 0.4) is 0 Å². The number of hydrogen-bond donors (Lipinski definition) is 1. The summed E-state index contributed by atoms with van der Waals surface area (Å²) in [6, 6.07) is 10.5. The van der Waals surface area contributed by atoms with Gasteiger partial charge in [-0.25, -0.2) is 0 Å². The monoisotopic (exact) mass is 283 g/mol. The van der Waals surface area contributed by atoms with Crippen LogP contribution in [0.2, 0.25) is 0 Å². The molecule has 2 aromatic rings. The van der Waals surface area contributed by atoms with Gasteiger partial charge in [0.05, 0.1) is 5.52 Å². The quantitative estimate of drug-likeness (QED) is 0.939. The summed E-state index contributed by atoms with van der Waals surface area (Å²) >= 11 is 0. The van der Waals surface area contributed by atoms with Crippen molar-refractivity contribution in [2.75, 3.05) is 20.1 Å². The lowest BCUT2D eigenvalue weighted by atomic mass is 9.95. The van der Waals surface area contributed by atoms with Gasteiger partial charge in [-0.3, -0.25) is 14.7 Å². The van der Waals surface area contributed by atoms with Gasteiger partial charge in [0.15, 0.2) is 0 Å². The summed E-state index contributed by atoms with van der Waals surface area (Å²) in [5.74, 6) is 0.374. The zero-order chi connectivity index (χ0) is 14.7. The Morgan fingerprint density at radius 2 is 2.14 bits per heavy atom. The number of nitrogens with zero attached hydrogens (tertiary/aromatic N) is 2. The molecule has 1 aliphatic rings. The highest BCUT2D eigenvalue weighted by Gasteiger charge is 2.23. The molecule has 0 saturated carbocycles. The molecule has 0 atom stereocenters. The highest BCUT2D eigenvalue weighted by molar-refractivity contribution is 5.79. The summed E-state index contributed by atoms with van der Waals surface area (Å²) in [6.45, 7) is 2.93. The van der Waals surface area contributed by atoms with Gasteiger partial charge >= 0.3 is 0 Å². The van der Waals surface area contributed by atoms with E-state index >= 15 is 0 Å². The average Bonchev–Trinajstić information content (AvgIpc) is 2.55. The van der Waals surface area contributed by atoms with Crippen LogP contribution in [0.5, 0.6) is 0 Å². The maximum atomic E-state index is 11.6. The molecule has 0 bridgehead atoms. The van der Waals surface area contributed by atoms with Crippen LogP contribution >= 0.6 is 0 Å². The summed E-state index contributed by atoms with van der Waals surface area (Å²) in [6.07, 6.45) is 3.73. The second-order valence-corrected chi connectivity index (χ2v) is 5.70. The van der Waals surface area contributed by atoms with Crippen molar-refractivity contribution in [3.63, 3.8) is 0 Å². The molecule has 1 aliphatic heterocycles. The molecule has 1 aromatic carbocycles. The lowest BCUT2D eigenvalue weighted by Gasteiger charge is -2.31. The first-order valence-corrected chi connectivity index (χ1v) is 7.54. The van der Waals surface area contributed by atoms with Gasteiger partial charge in [0, 0.05) is 31.1 Å². The van der Waals surface area contributed by atoms with Crippen molar-refractivity contribution in [1.29, 1.82) is 0 Å². The number of carbonyl (C=O) groups excluding carboxylic acids is 1. The van der Waals surface area contributed by atoms with Gasteiger partial charge < -0.3 is 5.32 Å². The van der Waals surface area contributed by atoms with Crippen molar-refractivity contribution in [1.82, 2.24) is 15.2 Å². The number of fused-ring (bicyclic) bond motifs is 1. The molecule has 110 valence electrons. The van der Waals surface area contributed by atoms with E-state index in [0.717, 1.165) is 38.0 Å².